The van der Waals surface area contributed by atoms with Gasteiger partial charge >= 0.3 is 0 Å². The van der Waals surface area contributed by atoms with E-state index >= 15 is 0 Å². The maximum atomic E-state index is 3.66. The molecule has 0 amide bonds. The van der Waals surface area contributed by atoms with E-state index in [-0.39, 0.29) is 0 Å². The van der Waals surface area contributed by atoms with Crippen molar-refractivity contribution in [2.24, 2.45) is 0 Å². The highest BCUT2D eigenvalue weighted by molar-refractivity contribution is 5.46. The molecule has 0 aromatic heterocycles. The van der Waals surface area contributed by atoms with Crippen molar-refractivity contribution in [3.05, 3.63) is 42.0 Å². The van der Waals surface area contributed by atoms with Crippen LogP contribution in [0.4, 0.5) is 0 Å². The van der Waals surface area contributed by atoms with E-state index in [1.54, 1.807) is 0 Å². The Hall–Kier alpha value is -1.04. The molecule has 0 aliphatic rings. The number of aryl methyl sites for hydroxylation is 1. The highest BCUT2D eigenvalue weighted by atomic mass is 13.9. The smallest absolute Gasteiger partial charge is 0.0262 e. The monoisotopic (exact) mass is 190 g/mol. The lowest BCUT2D eigenvalue weighted by atomic mass is 10.2. The first kappa shape index (κ1) is 13.0. The quantitative estimate of drug-likeness (QED) is 0.640. The zero-order valence-electron chi connectivity index (χ0n) is 9.72. The minimum absolute atomic E-state index is 1.18. The van der Waals surface area contributed by atoms with Gasteiger partial charge in [0.1, 0.15) is 0 Å². The van der Waals surface area contributed by atoms with Crippen molar-refractivity contribution in [1.82, 2.24) is 0 Å². The summed E-state index contributed by atoms with van der Waals surface area (Å²) in [5.41, 5.74) is 2.47. The maximum absolute atomic E-state index is 3.66. The summed E-state index contributed by atoms with van der Waals surface area (Å²) in [7, 11) is 0. The van der Waals surface area contributed by atoms with Gasteiger partial charge < -0.3 is 0 Å². The van der Waals surface area contributed by atoms with Crippen molar-refractivity contribution >= 4 is 6.08 Å². The summed E-state index contributed by atoms with van der Waals surface area (Å²) in [5.74, 6) is 0. The Balaban J connectivity index is 0.000000292. The predicted octanol–water partition coefficient (Wildman–Crippen LogP) is 4.83. The average Bonchev–Trinajstić information content (AvgIpc) is 2.21. The van der Waals surface area contributed by atoms with E-state index in [1.807, 2.05) is 6.08 Å². The molecule has 0 heteroatoms. The molecule has 0 heterocycles. The first-order valence-corrected chi connectivity index (χ1v) is 5.43. The van der Waals surface area contributed by atoms with E-state index in [0.29, 0.717) is 0 Å². The second kappa shape index (κ2) is 8.55. The minimum Gasteiger partial charge on any atom is -0.0985 e. The van der Waals surface area contributed by atoms with Crippen molar-refractivity contribution in [3.63, 3.8) is 0 Å². The molecule has 0 atom stereocenters. The number of hydrogen-bond donors (Lipinski definition) is 0. The summed E-state index contributed by atoms with van der Waals surface area (Å²) in [5, 5.41) is 0. The van der Waals surface area contributed by atoms with Gasteiger partial charge in [-0.25, -0.2) is 0 Å². The van der Waals surface area contributed by atoms with Crippen LogP contribution >= 0.6 is 0 Å². The maximum Gasteiger partial charge on any atom is -0.0262 e. The van der Waals surface area contributed by atoms with E-state index in [1.165, 1.54) is 30.4 Å². The lowest BCUT2D eigenvalue weighted by molar-refractivity contribution is 0.772. The fourth-order valence-electron chi connectivity index (χ4n) is 1.06. The molecule has 0 saturated carbocycles. The van der Waals surface area contributed by atoms with Crippen molar-refractivity contribution in [3.8, 4) is 0 Å². The summed E-state index contributed by atoms with van der Waals surface area (Å²) >= 11 is 0. The van der Waals surface area contributed by atoms with Gasteiger partial charge in [-0.3, -0.25) is 0 Å². The van der Waals surface area contributed by atoms with Gasteiger partial charge in [-0.15, -0.1) is 0 Å². The van der Waals surface area contributed by atoms with Crippen molar-refractivity contribution < 1.29 is 0 Å². The lowest BCUT2D eigenvalue weighted by Gasteiger charge is -1.91. The largest absolute Gasteiger partial charge is 0.0985 e. The van der Waals surface area contributed by atoms with Crippen LogP contribution in [0, 0.1) is 6.92 Å². The van der Waals surface area contributed by atoms with Crippen LogP contribution in [-0.4, -0.2) is 0 Å². The van der Waals surface area contributed by atoms with Gasteiger partial charge in [0.2, 0.25) is 0 Å². The van der Waals surface area contributed by atoms with E-state index < -0.39 is 0 Å². The van der Waals surface area contributed by atoms with E-state index in [4.69, 9.17) is 0 Å². The van der Waals surface area contributed by atoms with E-state index in [9.17, 15) is 0 Å². The molecule has 0 radical (unpaired) electrons. The normalized spacial score (nSPS) is 8.79. The predicted molar refractivity (Wildman–Crippen MR) is 66.5 cm³/mol. The van der Waals surface area contributed by atoms with Gasteiger partial charge in [-0.2, -0.15) is 0 Å². The van der Waals surface area contributed by atoms with Crippen molar-refractivity contribution in [1.29, 1.82) is 0 Å². The number of benzene rings is 1. The van der Waals surface area contributed by atoms with E-state index in [0.717, 1.165) is 0 Å². The first-order valence-electron chi connectivity index (χ1n) is 5.43. The molecule has 0 saturated heterocycles. The topological polar surface area (TPSA) is 0 Å². The Morgan fingerprint density at radius 1 is 1.07 bits per heavy atom. The van der Waals surface area contributed by atoms with Gasteiger partial charge in [0.15, 0.2) is 0 Å². The molecule has 0 N–H and O–H groups in total. The number of rotatable bonds is 3. The van der Waals surface area contributed by atoms with Gasteiger partial charge in [-0.05, 0) is 12.5 Å². The highest BCUT2D eigenvalue weighted by Gasteiger charge is 1.82. The molecule has 0 nitrogen and oxygen atoms in total. The molecule has 0 aliphatic carbocycles. The number of unbranched alkanes of at least 4 members (excludes halogenated alkanes) is 2. The molecular formula is C14H22. The molecule has 1 aromatic carbocycles. The Bertz CT molecular complexity index is 229. The zero-order valence-corrected chi connectivity index (χ0v) is 9.72. The Labute approximate surface area is 88.7 Å². The molecule has 0 spiro atoms. The van der Waals surface area contributed by atoms with Crippen LogP contribution in [0.1, 0.15) is 44.2 Å². The van der Waals surface area contributed by atoms with Crippen LogP contribution in [0.3, 0.4) is 0 Å². The molecule has 1 rings (SSSR count). The number of hydrogen-bond acceptors (Lipinski definition) is 0. The molecule has 14 heavy (non-hydrogen) atoms. The lowest BCUT2D eigenvalue weighted by Crippen LogP contribution is -1.71. The van der Waals surface area contributed by atoms with Gasteiger partial charge in [0, 0.05) is 0 Å². The Morgan fingerprint density at radius 3 is 1.86 bits per heavy atom. The van der Waals surface area contributed by atoms with Crippen LogP contribution in [0.2, 0.25) is 0 Å². The van der Waals surface area contributed by atoms with Crippen LogP contribution < -0.4 is 0 Å². The van der Waals surface area contributed by atoms with Crippen LogP contribution in [0.25, 0.3) is 6.08 Å². The summed E-state index contributed by atoms with van der Waals surface area (Å²) in [6, 6.07) is 8.28. The molecule has 0 fully saturated rings. The third-order valence-corrected chi connectivity index (χ3v) is 2.02. The highest BCUT2D eigenvalue weighted by Crippen LogP contribution is 2.02. The van der Waals surface area contributed by atoms with Gasteiger partial charge in [0.25, 0.3) is 0 Å². The second-order valence-corrected chi connectivity index (χ2v) is 3.47. The Kier molecular flexibility index (Phi) is 7.92. The average molecular weight is 190 g/mol. The first-order chi connectivity index (χ1) is 6.74. The van der Waals surface area contributed by atoms with Crippen LogP contribution in [0.5, 0.6) is 0 Å². The van der Waals surface area contributed by atoms with Crippen molar-refractivity contribution in [2.45, 2.75) is 40.0 Å². The molecular weight excluding hydrogens is 168 g/mol. The summed E-state index contributed by atoms with van der Waals surface area (Å²) in [6.07, 6.45) is 5.92. The second-order valence-electron chi connectivity index (χ2n) is 3.47. The van der Waals surface area contributed by atoms with Crippen LogP contribution in [-0.2, 0) is 0 Å². The van der Waals surface area contributed by atoms with Crippen molar-refractivity contribution in [2.75, 3.05) is 0 Å². The standard InChI is InChI=1S/C9H10.C5H12/c1-3-9-6-4-8(2)5-7-9;1-3-5-4-2/h3-7H,1H2,2H3;3-5H2,1-2H3. The molecule has 78 valence electrons. The Morgan fingerprint density at radius 2 is 1.57 bits per heavy atom. The fourth-order valence-corrected chi connectivity index (χ4v) is 1.06. The third kappa shape index (κ3) is 6.47. The minimum atomic E-state index is 1.18. The summed E-state index contributed by atoms with van der Waals surface area (Å²) in [4.78, 5) is 0. The van der Waals surface area contributed by atoms with Gasteiger partial charge in [0.05, 0.1) is 0 Å². The van der Waals surface area contributed by atoms with E-state index in [2.05, 4.69) is 51.6 Å². The summed E-state index contributed by atoms with van der Waals surface area (Å²) < 4.78 is 0. The molecule has 0 aliphatic heterocycles. The zero-order chi connectivity index (χ0) is 10.8. The SMILES string of the molecule is C=Cc1ccc(C)cc1.CCCCC. The van der Waals surface area contributed by atoms with Crippen LogP contribution in [0.15, 0.2) is 30.8 Å². The molecule has 1 aromatic rings. The molecule has 0 bridgehead atoms. The van der Waals surface area contributed by atoms with Gasteiger partial charge in [-0.1, -0.05) is 75.6 Å². The third-order valence-electron chi connectivity index (χ3n) is 2.02. The summed E-state index contributed by atoms with van der Waals surface area (Å²) in [6.45, 7) is 10.2. The fraction of sp³-hybridized carbons (Fsp3) is 0.429. The molecule has 0 unspecified atom stereocenters.